The largest absolute Gasteiger partial charge is 0.355 e. The first-order valence-electron chi connectivity index (χ1n) is 21.1. The summed E-state index contributed by atoms with van der Waals surface area (Å²) in [6, 6.07) is 5.39. The normalized spacial score (nSPS) is 17.3. The van der Waals surface area contributed by atoms with Crippen molar-refractivity contribution in [3.05, 3.63) is 42.5 Å². The SMILES string of the molecule is C=CCNC=O.CC.CCC.CCCC(NC(=O)C1CCCN1C(=O)C(NC(=O)NC(CNCc1ccccc1S)C(C)(C)C)C1(CC)CCCCC1)C(C)=O. The Balaban J connectivity index is 0.00000244. The molecule has 1 aromatic rings. The monoisotopic (exact) mass is 803 g/mol. The van der Waals surface area contributed by atoms with Crippen LogP contribution in [-0.2, 0) is 25.7 Å². The van der Waals surface area contributed by atoms with Crippen molar-refractivity contribution in [2.75, 3.05) is 19.6 Å². The number of benzene rings is 1. The highest BCUT2D eigenvalue weighted by Gasteiger charge is 2.48. The van der Waals surface area contributed by atoms with Gasteiger partial charge in [0.05, 0.1) is 6.04 Å². The summed E-state index contributed by atoms with van der Waals surface area (Å²) in [5.74, 6) is -0.562. The molecule has 1 aliphatic heterocycles. The van der Waals surface area contributed by atoms with Gasteiger partial charge in [-0.3, -0.25) is 19.2 Å². The Morgan fingerprint density at radius 1 is 0.982 bits per heavy atom. The van der Waals surface area contributed by atoms with Crippen LogP contribution in [0.15, 0.2) is 41.8 Å². The van der Waals surface area contributed by atoms with E-state index in [9.17, 15) is 24.0 Å². The fourth-order valence-corrected chi connectivity index (χ4v) is 7.27. The number of rotatable bonds is 17. The van der Waals surface area contributed by atoms with Gasteiger partial charge in [-0.2, -0.15) is 0 Å². The summed E-state index contributed by atoms with van der Waals surface area (Å²) < 4.78 is 0. The molecule has 56 heavy (non-hydrogen) atoms. The number of nitrogens with one attached hydrogen (secondary N) is 5. The third-order valence-corrected chi connectivity index (χ3v) is 10.7. The zero-order chi connectivity index (χ0) is 42.7. The molecule has 4 unspecified atom stereocenters. The van der Waals surface area contributed by atoms with Crippen LogP contribution in [0.1, 0.15) is 145 Å². The average Bonchev–Trinajstić information content (AvgIpc) is 3.68. The first-order valence-corrected chi connectivity index (χ1v) is 21.5. The van der Waals surface area contributed by atoms with Gasteiger partial charge in [-0.25, -0.2) is 4.79 Å². The number of carbonyl (C=O) groups is 5. The van der Waals surface area contributed by atoms with Crippen LogP contribution in [0.4, 0.5) is 4.79 Å². The van der Waals surface area contributed by atoms with E-state index >= 15 is 0 Å². The number of likely N-dealkylation sites (tertiary alicyclic amines) is 1. The van der Waals surface area contributed by atoms with E-state index in [2.05, 4.69) is 87.3 Å². The minimum absolute atomic E-state index is 0.0813. The number of urea groups is 1. The number of hydrogen-bond acceptors (Lipinski definition) is 7. The van der Waals surface area contributed by atoms with Crippen LogP contribution in [0.3, 0.4) is 0 Å². The summed E-state index contributed by atoms with van der Waals surface area (Å²) in [7, 11) is 0. The van der Waals surface area contributed by atoms with Crippen molar-refractivity contribution in [3.8, 4) is 0 Å². The van der Waals surface area contributed by atoms with E-state index in [1.807, 2.05) is 45.0 Å². The van der Waals surface area contributed by atoms with Crippen LogP contribution in [-0.4, -0.2) is 78.7 Å². The Kier molecular flexibility index (Phi) is 27.2. The Hall–Kier alpha value is -3.38. The van der Waals surface area contributed by atoms with Crippen LogP contribution in [0.5, 0.6) is 0 Å². The van der Waals surface area contributed by atoms with Gasteiger partial charge >= 0.3 is 6.03 Å². The second-order valence-corrected chi connectivity index (χ2v) is 16.2. The Labute approximate surface area is 345 Å². The van der Waals surface area contributed by atoms with Gasteiger partial charge < -0.3 is 31.5 Å². The highest BCUT2D eigenvalue weighted by atomic mass is 32.1. The van der Waals surface area contributed by atoms with Gasteiger partial charge in [-0.1, -0.05) is 119 Å². The van der Waals surface area contributed by atoms with Crippen molar-refractivity contribution in [2.45, 2.75) is 175 Å². The molecule has 1 saturated heterocycles. The predicted octanol–water partition coefficient (Wildman–Crippen LogP) is 7.73. The molecule has 1 saturated carbocycles. The quantitative estimate of drug-likeness (QED) is 0.0411. The minimum atomic E-state index is -0.750. The van der Waals surface area contributed by atoms with E-state index < -0.39 is 18.1 Å². The lowest BCUT2D eigenvalue weighted by Gasteiger charge is -2.44. The lowest BCUT2D eigenvalue weighted by molar-refractivity contribution is -0.143. The molecule has 320 valence electrons. The smallest absolute Gasteiger partial charge is 0.315 e. The number of nitrogens with zero attached hydrogens (tertiary/aromatic N) is 1. The summed E-state index contributed by atoms with van der Waals surface area (Å²) in [5, 5.41) is 15.1. The maximum absolute atomic E-state index is 14.5. The zero-order valence-electron chi connectivity index (χ0n) is 36.5. The van der Waals surface area contributed by atoms with Crippen LogP contribution < -0.4 is 26.6 Å². The molecule has 0 bridgehead atoms. The fraction of sp³-hybridized carbons (Fsp3) is 0.705. The maximum Gasteiger partial charge on any atom is 0.315 e. The van der Waals surface area contributed by atoms with Crippen LogP contribution in [0.25, 0.3) is 0 Å². The molecule has 4 atom stereocenters. The lowest BCUT2D eigenvalue weighted by atomic mass is 9.67. The molecule has 1 heterocycles. The summed E-state index contributed by atoms with van der Waals surface area (Å²) in [6.07, 6.45) is 11.7. The standard InChI is InChI=1S/C35H57N5O4S.C4H7NO.C3H8.C2H6/c1-7-15-26(24(3)41)37-31(42)27-17-14-21-40(27)32(43)30(35(8-2)19-12-9-13-20-35)39-33(44)38-29(34(4,5)6)23-36-22-25-16-10-11-18-28(25)45;1-2-3-5-4-6;1-3-2;1-2/h10-11,16,18,26-27,29-30,36,45H,7-9,12-15,17,19-23H2,1-6H3,(H,37,42)(H2,38,39,44);2,4H,1,3H2,(H,5,6);3H2,1-2H3;1-2H3. The van der Waals surface area contributed by atoms with Crippen molar-refractivity contribution < 1.29 is 24.0 Å². The molecule has 0 aromatic heterocycles. The van der Waals surface area contributed by atoms with Crippen LogP contribution >= 0.6 is 12.6 Å². The van der Waals surface area contributed by atoms with E-state index in [0.29, 0.717) is 51.9 Å². The lowest BCUT2D eigenvalue weighted by Crippen LogP contribution is -2.63. The van der Waals surface area contributed by atoms with Crippen molar-refractivity contribution >= 4 is 42.7 Å². The maximum atomic E-state index is 14.5. The summed E-state index contributed by atoms with van der Waals surface area (Å²) in [6.45, 7) is 25.6. The van der Waals surface area contributed by atoms with Gasteiger partial charge in [-0.15, -0.1) is 19.2 Å². The molecule has 2 aliphatic rings. The van der Waals surface area contributed by atoms with E-state index in [-0.39, 0.29) is 40.5 Å². The van der Waals surface area contributed by atoms with E-state index in [4.69, 9.17) is 0 Å². The number of carbonyl (C=O) groups excluding carboxylic acids is 5. The minimum Gasteiger partial charge on any atom is -0.355 e. The van der Waals surface area contributed by atoms with Crippen LogP contribution in [0.2, 0.25) is 0 Å². The Morgan fingerprint density at radius 2 is 1.61 bits per heavy atom. The second kappa shape index (κ2) is 28.9. The van der Waals surface area contributed by atoms with E-state index in [1.54, 1.807) is 11.0 Å². The molecule has 0 radical (unpaired) electrons. The molecular formula is C44H78N6O5S. The number of hydrogen-bond donors (Lipinski definition) is 6. The number of amides is 5. The first kappa shape index (κ1) is 52.6. The van der Waals surface area contributed by atoms with Gasteiger partial charge in [0, 0.05) is 37.1 Å². The molecule has 3 rings (SSSR count). The molecule has 11 nitrogen and oxygen atoms in total. The van der Waals surface area contributed by atoms with Gasteiger partial charge in [0.2, 0.25) is 18.2 Å². The summed E-state index contributed by atoms with van der Waals surface area (Å²) >= 11 is 4.55. The van der Waals surface area contributed by atoms with Crippen LogP contribution in [0, 0.1) is 10.8 Å². The van der Waals surface area contributed by atoms with Gasteiger partial charge in [-0.05, 0) is 67.9 Å². The summed E-state index contributed by atoms with van der Waals surface area (Å²) in [4.78, 5) is 65.8. The first-order chi connectivity index (χ1) is 26.7. The van der Waals surface area contributed by atoms with Crippen molar-refractivity contribution in [2.24, 2.45) is 10.8 Å². The highest BCUT2D eigenvalue weighted by Crippen LogP contribution is 2.43. The topological polar surface area (TPSA) is 149 Å². The van der Waals surface area contributed by atoms with Gasteiger partial charge in [0.15, 0.2) is 5.78 Å². The second-order valence-electron chi connectivity index (χ2n) is 15.7. The molecule has 12 heteroatoms. The third-order valence-electron chi connectivity index (χ3n) is 10.3. The predicted molar refractivity (Wildman–Crippen MR) is 234 cm³/mol. The molecule has 5 amide bonds. The van der Waals surface area contributed by atoms with Gasteiger partial charge in [0.1, 0.15) is 12.1 Å². The molecule has 2 fully saturated rings. The molecule has 1 aliphatic carbocycles. The van der Waals surface area contributed by atoms with Gasteiger partial charge in [0.25, 0.3) is 0 Å². The Morgan fingerprint density at radius 3 is 2.11 bits per heavy atom. The van der Waals surface area contributed by atoms with Crippen molar-refractivity contribution in [1.29, 1.82) is 0 Å². The Bertz CT molecular complexity index is 1300. The van der Waals surface area contributed by atoms with E-state index in [0.717, 1.165) is 55.4 Å². The highest BCUT2D eigenvalue weighted by molar-refractivity contribution is 7.80. The molecule has 0 spiro atoms. The molecular weight excluding hydrogens is 725 g/mol. The third kappa shape index (κ3) is 18.3. The molecule has 1 aromatic carbocycles. The zero-order valence-corrected chi connectivity index (χ0v) is 37.4. The van der Waals surface area contributed by atoms with Crippen molar-refractivity contribution in [1.82, 2.24) is 31.5 Å². The van der Waals surface area contributed by atoms with E-state index in [1.165, 1.54) is 13.3 Å². The fourth-order valence-electron chi connectivity index (χ4n) is 7.03. The number of ketones is 1. The number of thiol groups is 1. The number of Topliss-reactive ketones (excluding diaryl/α,β-unsaturated/α-hetero) is 1. The average molecular weight is 803 g/mol. The summed E-state index contributed by atoms with van der Waals surface area (Å²) in [5.41, 5.74) is 0.451. The van der Waals surface area contributed by atoms with Crippen molar-refractivity contribution in [3.63, 3.8) is 0 Å². The molecule has 5 N–H and O–H groups in total.